The van der Waals surface area contributed by atoms with Crippen LogP contribution in [0.15, 0.2) is 60.1 Å². The summed E-state index contributed by atoms with van der Waals surface area (Å²) in [4.78, 5) is 18.8. The number of rotatable bonds is 7. The Labute approximate surface area is 188 Å². The summed E-state index contributed by atoms with van der Waals surface area (Å²) in [7, 11) is 1.69. The first kappa shape index (κ1) is 21.5. The number of methoxy groups -OCH3 is 1. The average Bonchev–Trinajstić information content (AvgIpc) is 3.32. The summed E-state index contributed by atoms with van der Waals surface area (Å²) in [6.45, 7) is 4.53. The largest absolute Gasteiger partial charge is 0.497 e. The van der Waals surface area contributed by atoms with E-state index in [0.29, 0.717) is 5.92 Å². The van der Waals surface area contributed by atoms with Gasteiger partial charge in [0.2, 0.25) is 5.91 Å². The van der Waals surface area contributed by atoms with E-state index in [4.69, 9.17) is 4.74 Å². The number of nitrogens with zero attached hydrogens (tertiary/aromatic N) is 2. The smallest absolute Gasteiger partial charge is 0.217 e. The van der Waals surface area contributed by atoms with E-state index in [2.05, 4.69) is 51.6 Å². The third kappa shape index (κ3) is 5.51. The fourth-order valence-corrected chi connectivity index (χ4v) is 5.17. The van der Waals surface area contributed by atoms with Gasteiger partial charge in [-0.3, -0.25) is 9.69 Å². The Hall–Kier alpha value is -2.70. The Morgan fingerprint density at radius 2 is 2.10 bits per heavy atom. The SMILES string of the molecule is COc1ccc(-c2cccc(CN3CCCC(C(NC(C)=O)c4nccs4)C3)c2)cc1. The minimum absolute atomic E-state index is 0.00418. The van der Waals surface area contributed by atoms with Gasteiger partial charge < -0.3 is 10.1 Å². The molecule has 1 aliphatic rings. The molecule has 5 nitrogen and oxygen atoms in total. The Morgan fingerprint density at radius 3 is 2.81 bits per heavy atom. The zero-order chi connectivity index (χ0) is 21.6. The third-order valence-electron chi connectivity index (χ3n) is 5.85. The van der Waals surface area contributed by atoms with E-state index in [-0.39, 0.29) is 11.9 Å². The van der Waals surface area contributed by atoms with Gasteiger partial charge >= 0.3 is 0 Å². The van der Waals surface area contributed by atoms with Crippen LogP contribution in [0.2, 0.25) is 0 Å². The second-order valence-electron chi connectivity index (χ2n) is 8.11. The highest BCUT2D eigenvalue weighted by Gasteiger charge is 2.30. The van der Waals surface area contributed by atoms with Gasteiger partial charge in [0.15, 0.2) is 0 Å². The van der Waals surface area contributed by atoms with Gasteiger partial charge in [0, 0.05) is 31.6 Å². The summed E-state index contributed by atoms with van der Waals surface area (Å²) in [6.07, 6.45) is 4.05. The maximum atomic E-state index is 11.8. The number of hydrogen-bond acceptors (Lipinski definition) is 5. The quantitative estimate of drug-likeness (QED) is 0.573. The van der Waals surface area contributed by atoms with Gasteiger partial charge in [0.1, 0.15) is 10.8 Å². The number of hydrogen-bond donors (Lipinski definition) is 1. The molecule has 31 heavy (non-hydrogen) atoms. The fourth-order valence-electron chi connectivity index (χ4n) is 4.39. The van der Waals surface area contributed by atoms with Gasteiger partial charge in [-0.05, 0) is 60.2 Å². The second kappa shape index (κ2) is 10.1. The molecule has 3 aromatic rings. The molecule has 0 radical (unpaired) electrons. The number of thiazole rings is 1. The van der Waals surface area contributed by atoms with E-state index in [1.54, 1.807) is 25.4 Å². The molecule has 0 saturated carbocycles. The highest BCUT2D eigenvalue weighted by Crippen LogP contribution is 2.32. The topological polar surface area (TPSA) is 54.5 Å². The molecule has 1 saturated heterocycles. The predicted octanol–water partition coefficient (Wildman–Crippen LogP) is 4.91. The zero-order valence-electron chi connectivity index (χ0n) is 18.1. The van der Waals surface area contributed by atoms with E-state index >= 15 is 0 Å². The van der Waals surface area contributed by atoms with Crippen LogP contribution in [0.5, 0.6) is 5.75 Å². The molecule has 1 amide bonds. The number of nitrogens with one attached hydrogen (secondary N) is 1. The maximum Gasteiger partial charge on any atom is 0.217 e. The Bertz CT molecular complexity index is 988. The minimum Gasteiger partial charge on any atom is -0.497 e. The summed E-state index contributed by atoms with van der Waals surface area (Å²) in [5.41, 5.74) is 3.71. The average molecular weight is 436 g/mol. The highest BCUT2D eigenvalue weighted by atomic mass is 32.1. The summed E-state index contributed by atoms with van der Waals surface area (Å²) in [6, 6.07) is 16.9. The zero-order valence-corrected chi connectivity index (χ0v) is 18.9. The van der Waals surface area contributed by atoms with Crippen molar-refractivity contribution in [1.82, 2.24) is 15.2 Å². The van der Waals surface area contributed by atoms with Crippen molar-refractivity contribution in [3.8, 4) is 16.9 Å². The van der Waals surface area contributed by atoms with Crippen molar-refractivity contribution in [2.75, 3.05) is 20.2 Å². The molecule has 2 heterocycles. The molecule has 2 atom stereocenters. The summed E-state index contributed by atoms with van der Waals surface area (Å²) in [5.74, 6) is 1.24. The number of piperidine rings is 1. The number of benzene rings is 2. The molecule has 2 aromatic carbocycles. The van der Waals surface area contributed by atoms with Crippen LogP contribution in [0.1, 0.15) is 36.4 Å². The van der Waals surface area contributed by atoms with Crippen LogP contribution >= 0.6 is 11.3 Å². The number of aromatic nitrogens is 1. The van der Waals surface area contributed by atoms with Crippen LogP contribution in [0.25, 0.3) is 11.1 Å². The molecule has 1 aromatic heterocycles. The first-order valence-corrected chi connectivity index (χ1v) is 11.6. The molecule has 0 aliphatic carbocycles. The number of amides is 1. The van der Waals surface area contributed by atoms with Gasteiger partial charge in [0.25, 0.3) is 0 Å². The van der Waals surface area contributed by atoms with Crippen molar-refractivity contribution >= 4 is 17.2 Å². The van der Waals surface area contributed by atoms with E-state index in [1.165, 1.54) is 16.7 Å². The molecule has 1 fully saturated rings. The van der Waals surface area contributed by atoms with Gasteiger partial charge in [-0.25, -0.2) is 4.98 Å². The van der Waals surface area contributed by atoms with Crippen LogP contribution in [-0.2, 0) is 11.3 Å². The molecule has 6 heteroatoms. The Kier molecular flexibility index (Phi) is 6.99. The minimum atomic E-state index is -0.00839. The first-order chi connectivity index (χ1) is 15.1. The van der Waals surface area contributed by atoms with Crippen molar-refractivity contribution in [3.63, 3.8) is 0 Å². The normalized spacial score (nSPS) is 17.8. The van der Waals surface area contributed by atoms with Crippen molar-refractivity contribution in [3.05, 3.63) is 70.7 Å². The number of carbonyl (C=O) groups excluding carboxylic acids is 1. The van der Waals surface area contributed by atoms with E-state index < -0.39 is 0 Å². The van der Waals surface area contributed by atoms with Crippen LogP contribution in [0.4, 0.5) is 0 Å². The Morgan fingerprint density at radius 1 is 1.26 bits per heavy atom. The molecule has 0 bridgehead atoms. The first-order valence-electron chi connectivity index (χ1n) is 10.7. The summed E-state index contributed by atoms with van der Waals surface area (Å²) in [5, 5.41) is 6.13. The molecule has 0 spiro atoms. The molecule has 2 unspecified atom stereocenters. The fraction of sp³-hybridized carbons (Fsp3) is 0.360. The van der Waals surface area contributed by atoms with Crippen LogP contribution < -0.4 is 10.1 Å². The van der Waals surface area contributed by atoms with E-state index in [9.17, 15) is 4.79 Å². The molecule has 1 N–H and O–H groups in total. The highest BCUT2D eigenvalue weighted by molar-refractivity contribution is 7.09. The lowest BCUT2D eigenvalue weighted by Crippen LogP contribution is -2.42. The maximum absolute atomic E-state index is 11.8. The lowest BCUT2D eigenvalue weighted by atomic mass is 9.90. The molecule has 162 valence electrons. The third-order valence-corrected chi connectivity index (χ3v) is 6.70. The number of likely N-dealkylation sites (tertiary alicyclic amines) is 1. The summed E-state index contributed by atoms with van der Waals surface area (Å²) < 4.78 is 5.27. The van der Waals surface area contributed by atoms with Crippen LogP contribution in [0, 0.1) is 5.92 Å². The summed E-state index contributed by atoms with van der Waals surface area (Å²) >= 11 is 1.62. The Balaban J connectivity index is 1.46. The van der Waals surface area contributed by atoms with Gasteiger partial charge in [0.05, 0.1) is 13.2 Å². The molecular weight excluding hydrogens is 406 g/mol. The van der Waals surface area contributed by atoms with Crippen molar-refractivity contribution in [1.29, 1.82) is 0 Å². The predicted molar refractivity (Wildman–Crippen MR) is 125 cm³/mol. The lowest BCUT2D eigenvalue weighted by Gasteiger charge is -2.36. The van der Waals surface area contributed by atoms with E-state index in [1.807, 2.05) is 23.7 Å². The van der Waals surface area contributed by atoms with Gasteiger partial charge in [-0.1, -0.05) is 30.3 Å². The van der Waals surface area contributed by atoms with E-state index in [0.717, 1.165) is 43.2 Å². The lowest BCUT2D eigenvalue weighted by molar-refractivity contribution is -0.120. The number of ether oxygens (including phenoxy) is 1. The van der Waals surface area contributed by atoms with Gasteiger partial charge in [-0.15, -0.1) is 11.3 Å². The van der Waals surface area contributed by atoms with Crippen molar-refractivity contribution in [2.45, 2.75) is 32.4 Å². The number of carbonyl (C=O) groups is 1. The van der Waals surface area contributed by atoms with Crippen molar-refractivity contribution < 1.29 is 9.53 Å². The standard InChI is InChI=1S/C25H29N3O2S/c1-18(29)27-24(25-26-12-14-31-25)22-7-4-13-28(17-22)16-19-5-3-6-21(15-19)20-8-10-23(30-2)11-9-20/h3,5-6,8-12,14-15,22,24H,4,7,13,16-17H2,1-2H3,(H,27,29). The monoisotopic (exact) mass is 435 g/mol. The van der Waals surface area contributed by atoms with Crippen LogP contribution in [0.3, 0.4) is 0 Å². The van der Waals surface area contributed by atoms with Crippen LogP contribution in [-0.4, -0.2) is 36.0 Å². The van der Waals surface area contributed by atoms with Gasteiger partial charge in [-0.2, -0.15) is 0 Å². The second-order valence-corrected chi connectivity index (χ2v) is 9.04. The molecule has 4 rings (SSSR count). The van der Waals surface area contributed by atoms with Crippen molar-refractivity contribution in [2.24, 2.45) is 5.92 Å². The molecule has 1 aliphatic heterocycles. The molecular formula is C25H29N3O2S.